The van der Waals surface area contributed by atoms with Crippen molar-refractivity contribution in [2.45, 2.75) is 46.6 Å². The molecule has 1 aromatic carbocycles. The van der Waals surface area contributed by atoms with Crippen molar-refractivity contribution in [2.24, 2.45) is 11.3 Å². The number of benzene rings is 1. The molecule has 1 aliphatic carbocycles. The summed E-state index contributed by atoms with van der Waals surface area (Å²) in [5, 5.41) is 9.61. The number of rotatable bonds is 4. The van der Waals surface area contributed by atoms with Crippen LogP contribution in [0.4, 0.5) is 0 Å². The topological polar surface area (TPSA) is 62.5 Å². The Labute approximate surface area is 189 Å². The zero-order chi connectivity index (χ0) is 23.4. The minimum atomic E-state index is -1.19. The number of carboxylic acids is 1. The molecule has 32 heavy (non-hydrogen) atoms. The summed E-state index contributed by atoms with van der Waals surface area (Å²) < 4.78 is 2.01. The highest BCUT2D eigenvalue weighted by Crippen LogP contribution is 2.48. The Bertz CT molecular complexity index is 1190. The molecular weight excluding hydrogens is 400 g/mol. The Morgan fingerprint density at radius 1 is 1.19 bits per heavy atom. The maximum absolute atomic E-state index is 12.8. The van der Waals surface area contributed by atoms with Crippen LogP contribution in [0.1, 0.15) is 66.8 Å². The average molecular weight is 433 g/mol. The fraction of sp³-hybridized carbons (Fsp3) is 0.407. The molecule has 0 saturated heterocycles. The van der Waals surface area contributed by atoms with Gasteiger partial charge in [0.1, 0.15) is 5.56 Å². The van der Waals surface area contributed by atoms with E-state index in [2.05, 4.69) is 64.4 Å². The first-order chi connectivity index (χ1) is 15.0. The van der Waals surface area contributed by atoms with E-state index in [1.807, 2.05) is 10.6 Å². The van der Waals surface area contributed by atoms with Crippen LogP contribution in [0.25, 0.3) is 11.3 Å². The predicted octanol–water partition coefficient (Wildman–Crippen LogP) is 5.22. The van der Waals surface area contributed by atoms with Crippen LogP contribution in [0, 0.1) is 18.3 Å². The van der Waals surface area contributed by atoms with E-state index in [1.54, 1.807) is 0 Å². The molecule has 2 aromatic rings. The number of likely N-dealkylation sites (N-methyl/N-ethyl adjacent to an activating group) is 1. The highest BCUT2D eigenvalue weighted by atomic mass is 16.4. The number of hydrogen-bond donors (Lipinski definition) is 1. The number of aromatic carboxylic acids is 1. The van der Waals surface area contributed by atoms with Crippen molar-refractivity contribution < 1.29 is 9.90 Å². The number of hydrogen-bond acceptors (Lipinski definition) is 3. The third-order valence-electron chi connectivity index (χ3n) is 6.65. The molecule has 2 aliphatic rings. The van der Waals surface area contributed by atoms with Crippen LogP contribution >= 0.6 is 0 Å². The van der Waals surface area contributed by atoms with Crippen molar-refractivity contribution in [3.63, 3.8) is 0 Å². The average Bonchev–Trinajstić information content (AvgIpc) is 3.53. The molecule has 1 saturated carbocycles. The van der Waals surface area contributed by atoms with E-state index < -0.39 is 11.4 Å². The molecule has 0 bridgehead atoms. The predicted molar refractivity (Wildman–Crippen MR) is 129 cm³/mol. The smallest absolute Gasteiger partial charge is 0.341 e. The van der Waals surface area contributed by atoms with Gasteiger partial charge in [-0.25, -0.2) is 4.79 Å². The second kappa shape index (κ2) is 7.80. The fourth-order valence-electron chi connectivity index (χ4n) is 4.71. The number of pyridine rings is 1. The maximum atomic E-state index is 12.8. The van der Waals surface area contributed by atoms with Crippen LogP contribution in [-0.4, -0.2) is 34.1 Å². The molecular formula is C27H32N2O3. The van der Waals surface area contributed by atoms with E-state index in [0.717, 1.165) is 46.5 Å². The summed E-state index contributed by atoms with van der Waals surface area (Å²) in [7, 11) is 2.06. The summed E-state index contributed by atoms with van der Waals surface area (Å²) in [5.74, 6) is -0.742. The van der Waals surface area contributed by atoms with Crippen molar-refractivity contribution in [1.82, 2.24) is 9.47 Å². The Morgan fingerprint density at radius 2 is 1.88 bits per heavy atom. The third kappa shape index (κ3) is 3.92. The van der Waals surface area contributed by atoms with E-state index in [1.165, 1.54) is 12.3 Å². The Balaban J connectivity index is 2.07. The molecule has 1 aromatic heterocycles. The van der Waals surface area contributed by atoms with Crippen LogP contribution < -0.4 is 5.43 Å². The lowest BCUT2D eigenvalue weighted by Crippen LogP contribution is -2.42. The van der Waals surface area contributed by atoms with Gasteiger partial charge in [-0.05, 0) is 42.2 Å². The number of carbonyl (C=O) groups is 1. The lowest BCUT2D eigenvalue weighted by Gasteiger charge is -2.44. The molecule has 5 heteroatoms. The fourth-order valence-corrected chi connectivity index (χ4v) is 4.71. The van der Waals surface area contributed by atoms with Crippen LogP contribution in [0.15, 0.2) is 53.5 Å². The summed E-state index contributed by atoms with van der Waals surface area (Å²) >= 11 is 0. The first-order valence-corrected chi connectivity index (χ1v) is 11.2. The van der Waals surface area contributed by atoms with Gasteiger partial charge in [0, 0.05) is 31.4 Å². The minimum absolute atomic E-state index is 0.0119. The van der Waals surface area contributed by atoms with Crippen LogP contribution in [0.2, 0.25) is 0 Å². The van der Waals surface area contributed by atoms with Gasteiger partial charge in [-0.2, -0.15) is 0 Å². The molecule has 1 aliphatic heterocycles. The zero-order valence-electron chi connectivity index (χ0n) is 19.6. The quantitative estimate of drug-likeness (QED) is 0.719. The van der Waals surface area contributed by atoms with E-state index in [9.17, 15) is 14.7 Å². The molecule has 4 rings (SSSR count). The summed E-state index contributed by atoms with van der Waals surface area (Å²) in [4.78, 5) is 26.8. The second-order valence-electron chi connectivity index (χ2n) is 10.3. The normalized spacial score (nSPS) is 20.0. The second-order valence-corrected chi connectivity index (χ2v) is 10.3. The van der Waals surface area contributed by atoms with Gasteiger partial charge < -0.3 is 14.6 Å². The van der Waals surface area contributed by atoms with Gasteiger partial charge in [-0.3, -0.25) is 4.79 Å². The molecule has 0 radical (unpaired) electrons. The molecule has 5 nitrogen and oxygen atoms in total. The summed E-state index contributed by atoms with van der Waals surface area (Å²) in [5.41, 5.74) is 5.31. The van der Waals surface area contributed by atoms with Gasteiger partial charge in [0.05, 0.1) is 17.4 Å². The summed E-state index contributed by atoms with van der Waals surface area (Å²) in [6.07, 6.45) is 3.79. The molecule has 1 fully saturated rings. The van der Waals surface area contributed by atoms with Crippen LogP contribution in [-0.2, 0) is 0 Å². The Kier molecular flexibility index (Phi) is 5.40. The van der Waals surface area contributed by atoms with Crippen LogP contribution in [0.3, 0.4) is 0 Å². The standard InChI is InChI=1S/C27H32N2O3/c1-16-8-7-9-19(12-16)24(17(2)18-10-11-18)25-21-13-22(30)20(26(31)32)14-29(21)23(15-28(25)6)27(3,4)5/h7-9,12-14,18,23H,2,10-11,15H2,1,3-6H3,(H,31,32)/b25-24+/t23-/m0/s1. The van der Waals surface area contributed by atoms with Gasteiger partial charge in [0.2, 0.25) is 0 Å². The molecule has 0 spiro atoms. The zero-order valence-corrected chi connectivity index (χ0v) is 19.6. The van der Waals surface area contributed by atoms with Crippen molar-refractivity contribution in [1.29, 1.82) is 0 Å². The lowest BCUT2D eigenvalue weighted by molar-refractivity contribution is 0.0693. The lowest BCUT2D eigenvalue weighted by atomic mass is 9.83. The highest BCUT2D eigenvalue weighted by Gasteiger charge is 2.38. The van der Waals surface area contributed by atoms with Gasteiger partial charge in [0.25, 0.3) is 0 Å². The number of allylic oxidation sites excluding steroid dienone is 2. The molecule has 168 valence electrons. The van der Waals surface area contributed by atoms with E-state index in [-0.39, 0.29) is 17.0 Å². The first-order valence-electron chi connectivity index (χ1n) is 11.2. The molecule has 0 unspecified atom stereocenters. The third-order valence-corrected chi connectivity index (χ3v) is 6.65. The molecule has 0 amide bonds. The molecule has 1 atom stereocenters. The first kappa shape index (κ1) is 22.1. The number of aryl methyl sites for hydroxylation is 1. The summed E-state index contributed by atoms with van der Waals surface area (Å²) in [6, 6.07) is 9.89. The number of carboxylic acid groups (broad SMARTS) is 1. The van der Waals surface area contributed by atoms with Crippen molar-refractivity contribution in [3.05, 3.63) is 81.3 Å². The number of nitrogens with zero attached hydrogens (tertiary/aromatic N) is 2. The molecule has 1 N–H and O–H groups in total. The number of aromatic nitrogens is 1. The minimum Gasteiger partial charge on any atom is -0.477 e. The van der Waals surface area contributed by atoms with E-state index >= 15 is 0 Å². The largest absolute Gasteiger partial charge is 0.477 e. The van der Waals surface area contributed by atoms with Gasteiger partial charge in [0.15, 0.2) is 5.43 Å². The highest BCUT2D eigenvalue weighted by molar-refractivity contribution is 5.98. The van der Waals surface area contributed by atoms with Gasteiger partial charge in [-0.1, -0.05) is 57.2 Å². The Hall–Kier alpha value is -3.08. The Morgan fingerprint density at radius 3 is 2.44 bits per heavy atom. The van der Waals surface area contributed by atoms with E-state index in [0.29, 0.717) is 12.5 Å². The van der Waals surface area contributed by atoms with Gasteiger partial charge in [-0.15, -0.1) is 0 Å². The van der Waals surface area contributed by atoms with Crippen molar-refractivity contribution >= 4 is 17.2 Å². The van der Waals surface area contributed by atoms with Crippen molar-refractivity contribution in [2.75, 3.05) is 13.6 Å². The monoisotopic (exact) mass is 432 g/mol. The van der Waals surface area contributed by atoms with E-state index in [4.69, 9.17) is 0 Å². The number of fused-ring (bicyclic) bond motifs is 1. The van der Waals surface area contributed by atoms with Crippen LogP contribution in [0.5, 0.6) is 0 Å². The SMILES string of the molecule is C=C(/C(=C1/c2cc(=O)c(C(=O)O)cn2[C@H](C(C)(C)C)CN1C)c1cccc(C)c1)C1CC1. The maximum Gasteiger partial charge on any atom is 0.341 e. The van der Waals surface area contributed by atoms with Crippen molar-refractivity contribution in [3.8, 4) is 0 Å². The molecule has 2 heterocycles. The van der Waals surface area contributed by atoms with Gasteiger partial charge >= 0.3 is 5.97 Å². The summed E-state index contributed by atoms with van der Waals surface area (Å²) in [6.45, 7) is 13.7.